The molecule has 2 N–H and O–H groups in total. The van der Waals surface area contributed by atoms with Gasteiger partial charge in [-0.05, 0) is 17.5 Å². The second-order valence-electron chi connectivity index (χ2n) is 3.33. The van der Waals surface area contributed by atoms with Crippen molar-refractivity contribution in [2.75, 3.05) is 6.61 Å². The predicted octanol–water partition coefficient (Wildman–Crippen LogP) is 2.24. The molecule has 0 aliphatic heterocycles. The average molecular weight is 179 g/mol. The second kappa shape index (κ2) is 5.00. The summed E-state index contributed by atoms with van der Waals surface area (Å²) in [5, 5.41) is 0. The van der Waals surface area contributed by atoms with E-state index in [1.54, 1.807) is 0 Å². The van der Waals surface area contributed by atoms with Crippen LogP contribution in [0.15, 0.2) is 24.3 Å². The monoisotopic (exact) mass is 179 g/mol. The van der Waals surface area contributed by atoms with E-state index in [4.69, 9.17) is 5.90 Å². The van der Waals surface area contributed by atoms with Gasteiger partial charge in [0.1, 0.15) is 0 Å². The molecule has 0 aliphatic rings. The van der Waals surface area contributed by atoms with Crippen molar-refractivity contribution in [1.82, 2.24) is 0 Å². The van der Waals surface area contributed by atoms with Crippen molar-refractivity contribution in [2.45, 2.75) is 26.2 Å². The third-order valence-corrected chi connectivity index (χ3v) is 2.27. The molecule has 72 valence electrons. The van der Waals surface area contributed by atoms with Gasteiger partial charge in [0.25, 0.3) is 0 Å². The molecule has 1 rings (SSSR count). The highest BCUT2D eigenvalue weighted by atomic mass is 16.6. The van der Waals surface area contributed by atoms with Crippen molar-refractivity contribution in [3.05, 3.63) is 35.4 Å². The third kappa shape index (κ3) is 2.83. The zero-order valence-electron chi connectivity index (χ0n) is 8.29. The maximum atomic E-state index is 5.04. The summed E-state index contributed by atoms with van der Waals surface area (Å²) >= 11 is 0. The summed E-state index contributed by atoms with van der Waals surface area (Å²) in [5.74, 6) is 5.41. The molecule has 0 heterocycles. The molecule has 13 heavy (non-hydrogen) atoms. The van der Waals surface area contributed by atoms with Crippen LogP contribution in [-0.4, -0.2) is 6.61 Å². The Bertz CT molecular complexity index is 260. The molecule has 1 aromatic rings. The minimum atomic E-state index is 0.372. The van der Waals surface area contributed by atoms with Gasteiger partial charge < -0.3 is 4.84 Å². The highest BCUT2D eigenvalue weighted by molar-refractivity contribution is 5.26. The highest BCUT2D eigenvalue weighted by Crippen LogP contribution is 2.16. The Morgan fingerprint density at radius 1 is 1.46 bits per heavy atom. The fourth-order valence-electron chi connectivity index (χ4n) is 1.36. The first kappa shape index (κ1) is 10.2. The van der Waals surface area contributed by atoms with Crippen LogP contribution in [0, 0.1) is 0 Å². The highest BCUT2D eigenvalue weighted by Gasteiger charge is 2.04. The Labute approximate surface area is 79.7 Å². The Kier molecular flexibility index (Phi) is 3.93. The van der Waals surface area contributed by atoms with Crippen molar-refractivity contribution < 1.29 is 4.84 Å². The van der Waals surface area contributed by atoms with E-state index in [9.17, 15) is 0 Å². The van der Waals surface area contributed by atoms with Crippen LogP contribution in [0.2, 0.25) is 0 Å². The summed E-state index contributed by atoms with van der Waals surface area (Å²) in [6.45, 7) is 4.85. The number of rotatable bonds is 4. The Balaban J connectivity index is 2.75. The van der Waals surface area contributed by atoms with Crippen LogP contribution in [0.5, 0.6) is 0 Å². The van der Waals surface area contributed by atoms with Crippen LogP contribution in [0.1, 0.15) is 30.9 Å². The minimum Gasteiger partial charge on any atom is -0.304 e. The van der Waals surface area contributed by atoms with Gasteiger partial charge in [0.05, 0.1) is 6.61 Å². The lowest BCUT2D eigenvalue weighted by molar-refractivity contribution is 0.126. The van der Waals surface area contributed by atoms with Gasteiger partial charge in [0, 0.05) is 5.92 Å². The number of hydrogen-bond donors (Lipinski definition) is 1. The Morgan fingerprint density at radius 3 is 2.85 bits per heavy atom. The van der Waals surface area contributed by atoms with Crippen LogP contribution >= 0.6 is 0 Å². The number of aryl methyl sites for hydroxylation is 1. The molecule has 0 aliphatic carbocycles. The molecule has 0 spiro atoms. The molecule has 0 bridgehead atoms. The fraction of sp³-hybridized carbons (Fsp3) is 0.455. The first-order valence-electron chi connectivity index (χ1n) is 4.68. The van der Waals surface area contributed by atoms with E-state index in [1.165, 1.54) is 11.1 Å². The van der Waals surface area contributed by atoms with Gasteiger partial charge in [-0.3, -0.25) is 0 Å². The van der Waals surface area contributed by atoms with E-state index < -0.39 is 0 Å². The van der Waals surface area contributed by atoms with Gasteiger partial charge in [-0.1, -0.05) is 38.1 Å². The van der Waals surface area contributed by atoms with Crippen molar-refractivity contribution >= 4 is 0 Å². The van der Waals surface area contributed by atoms with Gasteiger partial charge in [0.15, 0.2) is 0 Å². The minimum absolute atomic E-state index is 0.372. The molecule has 0 radical (unpaired) electrons. The first-order valence-corrected chi connectivity index (χ1v) is 4.68. The van der Waals surface area contributed by atoms with Gasteiger partial charge in [-0.2, -0.15) is 0 Å². The molecule has 0 fully saturated rings. The Hall–Kier alpha value is -0.860. The van der Waals surface area contributed by atoms with Crippen LogP contribution in [-0.2, 0) is 11.3 Å². The lowest BCUT2D eigenvalue weighted by atomic mass is 9.99. The molecule has 1 aromatic carbocycles. The maximum Gasteiger partial charge on any atom is 0.0745 e. The summed E-state index contributed by atoms with van der Waals surface area (Å²) in [6, 6.07) is 8.55. The topological polar surface area (TPSA) is 35.2 Å². The summed E-state index contributed by atoms with van der Waals surface area (Å²) < 4.78 is 0. The number of nitrogens with two attached hydrogens (primary N) is 1. The summed E-state index contributed by atoms with van der Waals surface area (Å²) in [4.78, 5) is 4.63. The zero-order chi connectivity index (χ0) is 9.68. The molecule has 0 saturated heterocycles. The fourth-order valence-corrected chi connectivity index (χ4v) is 1.36. The van der Waals surface area contributed by atoms with Crippen LogP contribution < -0.4 is 5.90 Å². The van der Waals surface area contributed by atoms with E-state index in [0.717, 1.165) is 6.42 Å². The first-order chi connectivity index (χ1) is 6.27. The molecule has 0 amide bonds. The largest absolute Gasteiger partial charge is 0.304 e. The Morgan fingerprint density at radius 2 is 2.23 bits per heavy atom. The molecule has 1 atom stereocenters. The lowest BCUT2D eigenvalue weighted by Crippen LogP contribution is -2.08. The van der Waals surface area contributed by atoms with Crippen LogP contribution in [0.25, 0.3) is 0 Å². The number of benzene rings is 1. The summed E-state index contributed by atoms with van der Waals surface area (Å²) in [7, 11) is 0. The van der Waals surface area contributed by atoms with Gasteiger partial charge in [0.2, 0.25) is 0 Å². The second-order valence-corrected chi connectivity index (χ2v) is 3.33. The molecule has 0 saturated carbocycles. The van der Waals surface area contributed by atoms with E-state index in [1.807, 2.05) is 0 Å². The van der Waals surface area contributed by atoms with Gasteiger partial charge >= 0.3 is 0 Å². The molecule has 2 nitrogen and oxygen atoms in total. The SMILES string of the molecule is CCc1cccc(C(C)CON)c1. The molecular formula is C11H17NO. The smallest absolute Gasteiger partial charge is 0.0745 e. The van der Waals surface area contributed by atoms with E-state index in [2.05, 4.69) is 43.0 Å². The van der Waals surface area contributed by atoms with Crippen molar-refractivity contribution in [3.8, 4) is 0 Å². The van der Waals surface area contributed by atoms with Gasteiger partial charge in [-0.25, -0.2) is 5.90 Å². The standard InChI is InChI=1S/C11H17NO/c1-3-10-5-4-6-11(7-10)9(2)8-13-12/h4-7,9H,3,8,12H2,1-2H3. The van der Waals surface area contributed by atoms with Crippen molar-refractivity contribution in [2.24, 2.45) is 5.90 Å². The van der Waals surface area contributed by atoms with E-state index >= 15 is 0 Å². The van der Waals surface area contributed by atoms with Crippen molar-refractivity contribution in [3.63, 3.8) is 0 Å². The number of hydrogen-bond acceptors (Lipinski definition) is 2. The maximum absolute atomic E-state index is 5.04. The lowest BCUT2D eigenvalue weighted by Gasteiger charge is -2.10. The van der Waals surface area contributed by atoms with Gasteiger partial charge in [-0.15, -0.1) is 0 Å². The zero-order valence-corrected chi connectivity index (χ0v) is 8.29. The molecule has 1 unspecified atom stereocenters. The van der Waals surface area contributed by atoms with E-state index in [0.29, 0.717) is 12.5 Å². The normalized spacial score (nSPS) is 12.8. The molecular weight excluding hydrogens is 162 g/mol. The summed E-state index contributed by atoms with van der Waals surface area (Å²) in [5.41, 5.74) is 2.66. The predicted molar refractivity (Wildman–Crippen MR) is 54.4 cm³/mol. The third-order valence-electron chi connectivity index (χ3n) is 2.27. The van der Waals surface area contributed by atoms with Crippen LogP contribution in [0.4, 0.5) is 0 Å². The van der Waals surface area contributed by atoms with Crippen molar-refractivity contribution in [1.29, 1.82) is 0 Å². The summed E-state index contributed by atoms with van der Waals surface area (Å²) in [6.07, 6.45) is 1.07. The van der Waals surface area contributed by atoms with E-state index in [-0.39, 0.29) is 0 Å². The average Bonchev–Trinajstić information content (AvgIpc) is 2.18. The quantitative estimate of drug-likeness (QED) is 0.719. The molecule has 2 heteroatoms. The van der Waals surface area contributed by atoms with Crippen LogP contribution in [0.3, 0.4) is 0 Å². The molecule has 0 aromatic heterocycles.